The van der Waals surface area contributed by atoms with Crippen LogP contribution < -0.4 is 4.52 Å². The standard InChI is InChI=1S/C16H23Cl2N2O4P/c1-19-12-14-11-13(3-2-4-16(21)22)5-6-15(14)24-25(19,23)20(9-7-17)10-8-18/h5-6,11H,2-4,7-10,12H2,1H3,(H,21,22). The molecule has 1 aromatic rings. The number of aliphatic carboxylic acids is 1. The van der Waals surface area contributed by atoms with Gasteiger partial charge in [0.25, 0.3) is 0 Å². The summed E-state index contributed by atoms with van der Waals surface area (Å²) in [5.74, 6) is 0.485. The zero-order valence-corrected chi connectivity index (χ0v) is 16.6. The van der Waals surface area contributed by atoms with Crippen molar-refractivity contribution in [1.82, 2.24) is 9.34 Å². The van der Waals surface area contributed by atoms with Crippen molar-refractivity contribution in [2.75, 3.05) is 31.9 Å². The summed E-state index contributed by atoms with van der Waals surface area (Å²) in [5, 5.41) is 8.73. The zero-order valence-electron chi connectivity index (χ0n) is 14.2. The second-order valence-electron chi connectivity index (χ2n) is 5.92. The monoisotopic (exact) mass is 408 g/mol. The number of benzene rings is 1. The lowest BCUT2D eigenvalue weighted by atomic mass is 10.0. The summed E-state index contributed by atoms with van der Waals surface area (Å²) in [6.45, 7) is 1.34. The smallest absolute Gasteiger partial charge is 0.395 e. The molecular formula is C16H23Cl2N2O4P. The Balaban J connectivity index is 2.16. The van der Waals surface area contributed by atoms with E-state index in [1.165, 1.54) is 0 Å². The summed E-state index contributed by atoms with van der Waals surface area (Å²) in [4.78, 5) is 10.6. The van der Waals surface area contributed by atoms with Crippen LogP contribution in [0.4, 0.5) is 0 Å². The molecule has 0 saturated carbocycles. The van der Waals surface area contributed by atoms with Crippen molar-refractivity contribution >= 4 is 36.8 Å². The van der Waals surface area contributed by atoms with Crippen LogP contribution in [0, 0.1) is 0 Å². The molecule has 1 heterocycles. The van der Waals surface area contributed by atoms with Crippen molar-refractivity contribution in [3.8, 4) is 5.75 Å². The lowest BCUT2D eigenvalue weighted by Gasteiger charge is -2.39. The molecule has 0 bridgehead atoms. The Bertz CT molecular complexity index is 653. The molecule has 1 aliphatic rings. The Morgan fingerprint density at radius 1 is 1.36 bits per heavy atom. The average molecular weight is 409 g/mol. The minimum absolute atomic E-state index is 0.147. The van der Waals surface area contributed by atoms with E-state index in [9.17, 15) is 9.36 Å². The number of rotatable bonds is 9. The molecule has 0 spiro atoms. The molecule has 140 valence electrons. The minimum Gasteiger partial charge on any atom is -0.481 e. The first-order valence-corrected chi connectivity index (χ1v) is 10.7. The molecule has 0 aromatic heterocycles. The van der Waals surface area contributed by atoms with Crippen LogP contribution in [0.5, 0.6) is 5.75 Å². The Kier molecular flexibility index (Phi) is 7.59. The molecule has 1 aromatic carbocycles. The van der Waals surface area contributed by atoms with E-state index in [1.54, 1.807) is 16.4 Å². The SMILES string of the molecule is CN1Cc2cc(CCCC(=O)O)ccc2OP1(=O)N(CCCl)CCCl. The Hall–Kier alpha value is -0.780. The summed E-state index contributed by atoms with van der Waals surface area (Å²) in [6.07, 6.45) is 1.42. The van der Waals surface area contributed by atoms with Crippen molar-refractivity contribution in [2.24, 2.45) is 0 Å². The van der Waals surface area contributed by atoms with Crippen molar-refractivity contribution in [3.63, 3.8) is 0 Å². The molecule has 6 nitrogen and oxygen atoms in total. The molecule has 0 saturated heterocycles. The quantitative estimate of drug-likeness (QED) is 0.494. The molecule has 0 fully saturated rings. The average Bonchev–Trinajstić information content (AvgIpc) is 2.55. The topological polar surface area (TPSA) is 70.1 Å². The molecule has 0 amide bonds. The van der Waals surface area contributed by atoms with Gasteiger partial charge < -0.3 is 9.63 Å². The summed E-state index contributed by atoms with van der Waals surface area (Å²) in [7, 11) is -1.45. The largest absolute Gasteiger partial charge is 0.481 e. The third-order valence-electron chi connectivity index (χ3n) is 4.07. The van der Waals surface area contributed by atoms with Crippen LogP contribution in [0.2, 0.25) is 0 Å². The predicted molar refractivity (Wildman–Crippen MR) is 99.7 cm³/mol. The van der Waals surface area contributed by atoms with E-state index in [4.69, 9.17) is 32.8 Å². The van der Waals surface area contributed by atoms with Crippen molar-refractivity contribution in [2.45, 2.75) is 25.8 Å². The number of nitrogens with zero attached hydrogens (tertiary/aromatic N) is 2. The highest BCUT2D eigenvalue weighted by molar-refractivity contribution is 7.54. The lowest BCUT2D eigenvalue weighted by molar-refractivity contribution is -0.137. The van der Waals surface area contributed by atoms with E-state index < -0.39 is 13.6 Å². The number of halogens is 2. The van der Waals surface area contributed by atoms with Gasteiger partial charge in [-0.15, -0.1) is 23.2 Å². The van der Waals surface area contributed by atoms with Gasteiger partial charge in [-0.2, -0.15) is 0 Å². The summed E-state index contributed by atoms with van der Waals surface area (Å²) >= 11 is 11.7. The first-order chi connectivity index (χ1) is 11.9. The summed E-state index contributed by atoms with van der Waals surface area (Å²) in [6, 6.07) is 5.69. The van der Waals surface area contributed by atoms with Gasteiger partial charge >= 0.3 is 13.6 Å². The fourth-order valence-electron chi connectivity index (χ4n) is 2.81. The maximum atomic E-state index is 13.4. The molecule has 1 aliphatic heterocycles. The number of alkyl halides is 2. The molecule has 25 heavy (non-hydrogen) atoms. The number of hydrogen-bond acceptors (Lipinski definition) is 3. The second-order valence-corrected chi connectivity index (χ2v) is 9.09. The molecule has 2 rings (SSSR count). The predicted octanol–water partition coefficient (Wildman–Crippen LogP) is 3.81. The van der Waals surface area contributed by atoms with Gasteiger partial charge in [0.05, 0.1) is 0 Å². The molecule has 1 N–H and O–H groups in total. The first-order valence-electron chi connectivity index (χ1n) is 8.13. The van der Waals surface area contributed by atoms with Gasteiger partial charge in [0.1, 0.15) is 5.75 Å². The fraction of sp³-hybridized carbons (Fsp3) is 0.562. The van der Waals surface area contributed by atoms with E-state index in [0.717, 1.165) is 11.1 Å². The number of hydrogen-bond donors (Lipinski definition) is 1. The van der Waals surface area contributed by atoms with Crippen molar-refractivity contribution < 1.29 is 19.0 Å². The highest BCUT2D eigenvalue weighted by atomic mass is 35.5. The molecule has 1 unspecified atom stereocenters. The number of fused-ring (bicyclic) bond motifs is 1. The van der Waals surface area contributed by atoms with E-state index >= 15 is 0 Å². The van der Waals surface area contributed by atoms with Crippen LogP contribution in [0.25, 0.3) is 0 Å². The third-order valence-corrected chi connectivity index (χ3v) is 6.96. The van der Waals surface area contributed by atoms with Gasteiger partial charge in [-0.05, 0) is 31.5 Å². The molecular weight excluding hydrogens is 386 g/mol. The molecule has 9 heteroatoms. The Labute approximate surface area is 158 Å². The minimum atomic E-state index is -3.21. The van der Waals surface area contributed by atoms with E-state index in [1.807, 2.05) is 18.2 Å². The zero-order chi connectivity index (χ0) is 18.4. The normalized spacial score (nSPS) is 20.3. The molecule has 0 radical (unpaired) electrons. The van der Waals surface area contributed by atoms with E-state index in [2.05, 4.69) is 0 Å². The Morgan fingerprint density at radius 3 is 2.64 bits per heavy atom. The van der Waals surface area contributed by atoms with Crippen LogP contribution in [0.1, 0.15) is 24.0 Å². The van der Waals surface area contributed by atoms with Crippen molar-refractivity contribution in [3.05, 3.63) is 29.3 Å². The Morgan fingerprint density at radius 2 is 2.04 bits per heavy atom. The van der Waals surface area contributed by atoms with Gasteiger partial charge in [-0.1, -0.05) is 12.1 Å². The maximum absolute atomic E-state index is 13.4. The number of carbonyl (C=O) groups is 1. The van der Waals surface area contributed by atoms with Gasteiger partial charge in [-0.3, -0.25) is 4.79 Å². The lowest BCUT2D eigenvalue weighted by Crippen LogP contribution is -2.36. The summed E-state index contributed by atoms with van der Waals surface area (Å²) < 4.78 is 22.7. The molecule has 1 atom stereocenters. The summed E-state index contributed by atoms with van der Waals surface area (Å²) in [5.41, 5.74) is 1.99. The van der Waals surface area contributed by atoms with Gasteiger partial charge in [-0.25, -0.2) is 13.9 Å². The maximum Gasteiger partial charge on any atom is 0.395 e. The number of carboxylic acids is 1. The highest BCUT2D eigenvalue weighted by Crippen LogP contribution is 2.57. The number of carboxylic acid groups (broad SMARTS) is 1. The number of aryl methyl sites for hydroxylation is 1. The highest BCUT2D eigenvalue weighted by Gasteiger charge is 2.41. The third kappa shape index (κ3) is 5.11. The van der Waals surface area contributed by atoms with Crippen LogP contribution in [0.15, 0.2) is 18.2 Å². The molecule has 0 aliphatic carbocycles. The van der Waals surface area contributed by atoms with E-state index in [-0.39, 0.29) is 6.42 Å². The van der Waals surface area contributed by atoms with Gasteiger partial charge in [0.15, 0.2) is 0 Å². The van der Waals surface area contributed by atoms with E-state index in [0.29, 0.717) is 50.0 Å². The van der Waals surface area contributed by atoms with Crippen LogP contribution in [0.3, 0.4) is 0 Å². The van der Waals surface area contributed by atoms with Crippen LogP contribution >= 0.6 is 30.9 Å². The van der Waals surface area contributed by atoms with Crippen LogP contribution in [-0.2, 0) is 22.3 Å². The van der Waals surface area contributed by atoms with Gasteiger partial charge in [0, 0.05) is 43.4 Å². The van der Waals surface area contributed by atoms with Gasteiger partial charge in [0.2, 0.25) is 0 Å². The second kappa shape index (κ2) is 9.24. The van der Waals surface area contributed by atoms with Crippen molar-refractivity contribution in [1.29, 1.82) is 0 Å². The fourth-order valence-corrected chi connectivity index (χ4v) is 5.61. The first kappa shape index (κ1) is 20.5. The van der Waals surface area contributed by atoms with Crippen LogP contribution in [-0.4, -0.2) is 52.3 Å².